The van der Waals surface area contributed by atoms with E-state index in [1.807, 2.05) is 0 Å². The largest absolute Gasteiger partial charge is 0.479 e. The molecule has 0 aliphatic rings. The topological polar surface area (TPSA) is 75.6 Å². The average Bonchev–Trinajstić information content (AvgIpc) is 2.04. The van der Waals surface area contributed by atoms with Crippen LogP contribution in [0.3, 0.4) is 0 Å². The first-order valence-corrected chi connectivity index (χ1v) is 3.27. The van der Waals surface area contributed by atoms with Gasteiger partial charge in [0.2, 0.25) is 5.91 Å². The average molecular weight is 173 g/mol. The lowest BCUT2D eigenvalue weighted by Gasteiger charge is -2.09. The summed E-state index contributed by atoms with van der Waals surface area (Å²) in [4.78, 5) is 20.9. The number of carboxylic acid groups (broad SMARTS) is 1. The second kappa shape index (κ2) is 5.31. The molecule has 2 N–H and O–H groups in total. The van der Waals surface area contributed by atoms with Gasteiger partial charge in [-0.15, -0.1) is 0 Å². The van der Waals surface area contributed by atoms with Gasteiger partial charge in [0, 0.05) is 7.11 Å². The Hall–Kier alpha value is -1.36. The van der Waals surface area contributed by atoms with Crippen molar-refractivity contribution in [3.05, 3.63) is 12.7 Å². The quantitative estimate of drug-likeness (QED) is 0.544. The molecule has 0 spiro atoms. The third kappa shape index (κ3) is 3.72. The van der Waals surface area contributed by atoms with Crippen molar-refractivity contribution in [1.29, 1.82) is 0 Å². The van der Waals surface area contributed by atoms with E-state index in [9.17, 15) is 9.59 Å². The summed E-state index contributed by atoms with van der Waals surface area (Å²) in [6.07, 6.45) is 0.0584. The van der Waals surface area contributed by atoms with Crippen molar-refractivity contribution in [1.82, 2.24) is 5.32 Å². The molecule has 5 heteroatoms. The summed E-state index contributed by atoms with van der Waals surface area (Å²) in [7, 11) is 1.26. The van der Waals surface area contributed by atoms with Gasteiger partial charge < -0.3 is 15.2 Å². The van der Waals surface area contributed by atoms with Crippen LogP contribution in [-0.4, -0.2) is 36.7 Å². The minimum absolute atomic E-state index is 0.0588. The second-order valence-corrected chi connectivity index (χ2v) is 2.01. The van der Waals surface area contributed by atoms with Crippen molar-refractivity contribution < 1.29 is 19.4 Å². The van der Waals surface area contributed by atoms with E-state index in [2.05, 4.69) is 16.6 Å². The summed E-state index contributed by atoms with van der Waals surface area (Å²) in [5.74, 6) is -1.53. The highest BCUT2D eigenvalue weighted by Crippen LogP contribution is 1.87. The van der Waals surface area contributed by atoms with E-state index in [4.69, 9.17) is 5.11 Å². The van der Waals surface area contributed by atoms with Gasteiger partial charge in [-0.1, -0.05) is 6.58 Å². The standard InChI is InChI=1S/C7H11NO4/c1-3-6(9)8-4-5(12-2)7(10)11/h3,5H,1,4H2,2H3,(H,8,9)(H,10,11). The van der Waals surface area contributed by atoms with Crippen LogP contribution in [0.1, 0.15) is 0 Å². The normalized spacial score (nSPS) is 11.8. The Morgan fingerprint density at radius 2 is 2.33 bits per heavy atom. The van der Waals surface area contributed by atoms with Crippen LogP contribution in [-0.2, 0) is 14.3 Å². The molecule has 68 valence electrons. The second-order valence-electron chi connectivity index (χ2n) is 2.01. The first-order chi connectivity index (χ1) is 5.61. The lowest BCUT2D eigenvalue weighted by Crippen LogP contribution is -2.37. The Morgan fingerprint density at radius 1 is 1.75 bits per heavy atom. The summed E-state index contributed by atoms with van der Waals surface area (Å²) >= 11 is 0. The van der Waals surface area contributed by atoms with Gasteiger partial charge in [-0.25, -0.2) is 4.79 Å². The molecule has 0 aromatic carbocycles. The minimum atomic E-state index is -1.11. The molecule has 12 heavy (non-hydrogen) atoms. The fourth-order valence-corrected chi connectivity index (χ4v) is 0.537. The predicted octanol–water partition coefficient (Wildman–Crippen LogP) is -0.612. The van der Waals surface area contributed by atoms with E-state index in [1.165, 1.54) is 7.11 Å². The summed E-state index contributed by atoms with van der Waals surface area (Å²) in [6, 6.07) is 0. The molecule has 0 aliphatic carbocycles. The fourth-order valence-electron chi connectivity index (χ4n) is 0.537. The van der Waals surface area contributed by atoms with Gasteiger partial charge >= 0.3 is 5.97 Å². The van der Waals surface area contributed by atoms with Crippen molar-refractivity contribution in [2.45, 2.75) is 6.10 Å². The summed E-state index contributed by atoms with van der Waals surface area (Å²) in [6.45, 7) is 3.15. The molecule has 0 fully saturated rings. The first kappa shape index (κ1) is 10.6. The fraction of sp³-hybridized carbons (Fsp3) is 0.429. The van der Waals surface area contributed by atoms with Crippen molar-refractivity contribution in [2.75, 3.05) is 13.7 Å². The zero-order chi connectivity index (χ0) is 9.56. The smallest absolute Gasteiger partial charge is 0.334 e. The third-order valence-corrected chi connectivity index (χ3v) is 1.21. The number of carboxylic acids is 1. The number of nitrogens with one attached hydrogen (secondary N) is 1. The molecule has 0 aromatic rings. The Balaban J connectivity index is 3.80. The molecule has 0 saturated heterocycles. The van der Waals surface area contributed by atoms with Gasteiger partial charge in [-0.05, 0) is 6.08 Å². The number of ether oxygens (including phenoxy) is 1. The molecule has 0 heterocycles. The van der Waals surface area contributed by atoms with Gasteiger partial charge in [0.25, 0.3) is 0 Å². The monoisotopic (exact) mass is 173 g/mol. The van der Waals surface area contributed by atoms with Crippen molar-refractivity contribution in [2.24, 2.45) is 0 Å². The first-order valence-electron chi connectivity index (χ1n) is 3.27. The Bertz CT molecular complexity index is 190. The van der Waals surface area contributed by atoms with Crippen LogP contribution in [0.2, 0.25) is 0 Å². The highest BCUT2D eigenvalue weighted by Gasteiger charge is 2.15. The highest BCUT2D eigenvalue weighted by atomic mass is 16.5. The number of methoxy groups -OCH3 is 1. The van der Waals surface area contributed by atoms with E-state index < -0.39 is 18.0 Å². The molecule has 0 aliphatic heterocycles. The number of carbonyl (C=O) groups excluding carboxylic acids is 1. The highest BCUT2D eigenvalue weighted by molar-refractivity contribution is 5.87. The van der Waals surface area contributed by atoms with Gasteiger partial charge in [0.1, 0.15) is 0 Å². The summed E-state index contributed by atoms with van der Waals surface area (Å²) in [5, 5.41) is 10.8. The Labute approximate surface area is 70.0 Å². The SMILES string of the molecule is C=CC(=O)NCC(OC)C(=O)O. The zero-order valence-electron chi connectivity index (χ0n) is 6.74. The number of carbonyl (C=O) groups is 2. The molecular weight excluding hydrogens is 162 g/mol. The molecule has 0 saturated carbocycles. The van der Waals surface area contributed by atoms with Gasteiger partial charge in [-0.3, -0.25) is 4.79 Å². The molecular formula is C7H11NO4. The number of hydrogen-bond donors (Lipinski definition) is 2. The maximum atomic E-state index is 10.6. The maximum Gasteiger partial charge on any atom is 0.334 e. The van der Waals surface area contributed by atoms with Crippen LogP contribution >= 0.6 is 0 Å². The van der Waals surface area contributed by atoms with Gasteiger partial charge in [0.15, 0.2) is 6.10 Å². The van der Waals surface area contributed by atoms with Crippen molar-refractivity contribution in [3.8, 4) is 0 Å². The van der Waals surface area contributed by atoms with E-state index >= 15 is 0 Å². The molecule has 5 nitrogen and oxygen atoms in total. The predicted molar refractivity (Wildman–Crippen MR) is 41.6 cm³/mol. The zero-order valence-corrected chi connectivity index (χ0v) is 6.74. The summed E-state index contributed by atoms with van der Waals surface area (Å²) < 4.78 is 4.56. The van der Waals surface area contributed by atoms with E-state index in [-0.39, 0.29) is 6.54 Å². The molecule has 0 radical (unpaired) electrons. The van der Waals surface area contributed by atoms with Crippen LogP contribution in [0.25, 0.3) is 0 Å². The summed E-state index contributed by atoms with van der Waals surface area (Å²) in [5.41, 5.74) is 0. The number of hydrogen-bond acceptors (Lipinski definition) is 3. The molecule has 0 bridgehead atoms. The molecule has 1 atom stereocenters. The lowest BCUT2D eigenvalue weighted by molar-refractivity contribution is -0.148. The number of amides is 1. The number of rotatable bonds is 5. The molecule has 1 amide bonds. The van der Waals surface area contributed by atoms with Crippen LogP contribution in [0.15, 0.2) is 12.7 Å². The maximum absolute atomic E-state index is 10.6. The van der Waals surface area contributed by atoms with Crippen molar-refractivity contribution >= 4 is 11.9 Å². The minimum Gasteiger partial charge on any atom is -0.479 e. The Kier molecular flexibility index (Phi) is 4.71. The van der Waals surface area contributed by atoms with Crippen molar-refractivity contribution in [3.63, 3.8) is 0 Å². The van der Waals surface area contributed by atoms with E-state index in [1.54, 1.807) is 0 Å². The number of aliphatic carboxylic acids is 1. The third-order valence-electron chi connectivity index (χ3n) is 1.21. The van der Waals surface area contributed by atoms with Crippen LogP contribution < -0.4 is 5.32 Å². The molecule has 0 aromatic heterocycles. The van der Waals surface area contributed by atoms with E-state index in [0.29, 0.717) is 0 Å². The lowest BCUT2D eigenvalue weighted by atomic mass is 10.3. The van der Waals surface area contributed by atoms with Crippen LogP contribution in [0, 0.1) is 0 Å². The molecule has 1 unspecified atom stereocenters. The van der Waals surface area contributed by atoms with Crippen LogP contribution in [0.5, 0.6) is 0 Å². The van der Waals surface area contributed by atoms with Gasteiger partial charge in [-0.2, -0.15) is 0 Å². The van der Waals surface area contributed by atoms with Gasteiger partial charge in [0.05, 0.1) is 6.54 Å². The Morgan fingerprint density at radius 3 is 2.67 bits per heavy atom. The van der Waals surface area contributed by atoms with E-state index in [0.717, 1.165) is 6.08 Å². The van der Waals surface area contributed by atoms with Crippen LogP contribution in [0.4, 0.5) is 0 Å². The molecule has 0 rings (SSSR count).